The van der Waals surface area contributed by atoms with Crippen LogP contribution in [0.25, 0.3) is 0 Å². The van der Waals surface area contributed by atoms with Crippen molar-refractivity contribution in [2.45, 2.75) is 6.92 Å². The molecule has 0 radical (unpaired) electrons. The Labute approximate surface area is 128 Å². The first-order valence-electron chi connectivity index (χ1n) is 5.90. The zero-order chi connectivity index (χ0) is 15.6. The molecule has 5 nitrogen and oxygen atoms in total. The van der Waals surface area contributed by atoms with Crippen molar-refractivity contribution in [2.75, 3.05) is 5.32 Å². The fourth-order valence-corrected chi connectivity index (χ4v) is 2.17. The predicted octanol–water partition coefficient (Wildman–Crippen LogP) is 4.06. The molecule has 0 aliphatic carbocycles. The number of nitro groups is 1. The maximum atomic E-state index is 13.5. The summed E-state index contributed by atoms with van der Waals surface area (Å²) < 4.78 is 13.8. The Morgan fingerprint density at radius 2 is 1.90 bits per heavy atom. The van der Waals surface area contributed by atoms with E-state index in [2.05, 4.69) is 21.2 Å². The van der Waals surface area contributed by atoms with Gasteiger partial charge in [0.1, 0.15) is 5.82 Å². The largest absolute Gasteiger partial charge is 0.322 e. The fourth-order valence-electron chi connectivity index (χ4n) is 1.71. The predicted molar refractivity (Wildman–Crippen MR) is 79.9 cm³/mol. The molecule has 2 rings (SSSR count). The number of carbonyl (C=O) groups is 1. The molecule has 2 aromatic carbocycles. The van der Waals surface area contributed by atoms with Crippen LogP contribution < -0.4 is 5.32 Å². The first-order valence-corrected chi connectivity index (χ1v) is 6.69. The van der Waals surface area contributed by atoms with E-state index < -0.39 is 16.6 Å². The van der Waals surface area contributed by atoms with E-state index in [0.717, 1.165) is 0 Å². The fraction of sp³-hybridized carbons (Fsp3) is 0.0714. The molecular formula is C14H10BrFN2O3. The van der Waals surface area contributed by atoms with E-state index in [1.54, 1.807) is 13.0 Å². The summed E-state index contributed by atoms with van der Waals surface area (Å²) >= 11 is 3.06. The molecule has 0 aliphatic rings. The van der Waals surface area contributed by atoms with Crippen molar-refractivity contribution in [3.05, 3.63) is 67.9 Å². The van der Waals surface area contributed by atoms with Crippen LogP contribution in [0.2, 0.25) is 0 Å². The summed E-state index contributed by atoms with van der Waals surface area (Å²) in [6.45, 7) is 1.73. The van der Waals surface area contributed by atoms with Gasteiger partial charge in [-0.2, -0.15) is 0 Å². The number of hydrogen-bond acceptors (Lipinski definition) is 3. The number of aryl methyl sites for hydroxylation is 1. The molecule has 0 saturated carbocycles. The molecule has 21 heavy (non-hydrogen) atoms. The van der Waals surface area contributed by atoms with E-state index in [1.807, 2.05) is 0 Å². The SMILES string of the molecule is Cc1cc(Br)c(F)cc1NC(=O)c1ccc([N+](=O)[O-])cc1. The van der Waals surface area contributed by atoms with Crippen LogP contribution >= 0.6 is 15.9 Å². The van der Waals surface area contributed by atoms with Gasteiger partial charge in [0, 0.05) is 23.4 Å². The molecule has 108 valence electrons. The number of nitrogens with zero attached hydrogens (tertiary/aromatic N) is 1. The quantitative estimate of drug-likeness (QED) is 0.668. The molecule has 1 amide bonds. The number of amides is 1. The van der Waals surface area contributed by atoms with Crippen LogP contribution in [0.4, 0.5) is 15.8 Å². The van der Waals surface area contributed by atoms with E-state index >= 15 is 0 Å². The standard InChI is InChI=1S/C14H10BrFN2O3/c1-8-6-11(15)12(16)7-13(8)17-14(19)9-2-4-10(5-3-9)18(20)21/h2-7H,1H3,(H,17,19). The Kier molecular flexibility index (Phi) is 4.32. The summed E-state index contributed by atoms with van der Waals surface area (Å²) in [5.41, 5.74) is 1.19. The van der Waals surface area contributed by atoms with E-state index in [4.69, 9.17) is 0 Å². The lowest BCUT2D eigenvalue weighted by Gasteiger charge is -2.09. The Balaban J connectivity index is 2.22. The second-order valence-electron chi connectivity index (χ2n) is 4.34. The zero-order valence-corrected chi connectivity index (χ0v) is 12.5. The van der Waals surface area contributed by atoms with Crippen molar-refractivity contribution in [2.24, 2.45) is 0 Å². The van der Waals surface area contributed by atoms with E-state index in [1.165, 1.54) is 30.3 Å². The zero-order valence-electron chi connectivity index (χ0n) is 10.9. The topological polar surface area (TPSA) is 72.2 Å². The van der Waals surface area contributed by atoms with Crippen molar-refractivity contribution >= 4 is 33.2 Å². The molecule has 0 heterocycles. The van der Waals surface area contributed by atoms with Gasteiger partial charge >= 0.3 is 0 Å². The minimum absolute atomic E-state index is 0.0996. The first kappa shape index (κ1) is 15.1. The van der Waals surface area contributed by atoms with Crippen LogP contribution in [0.1, 0.15) is 15.9 Å². The van der Waals surface area contributed by atoms with Crippen LogP contribution in [-0.2, 0) is 0 Å². The molecule has 0 bridgehead atoms. The van der Waals surface area contributed by atoms with Gasteiger partial charge in [-0.25, -0.2) is 4.39 Å². The number of non-ortho nitro benzene ring substituents is 1. The Morgan fingerprint density at radius 3 is 2.48 bits per heavy atom. The van der Waals surface area contributed by atoms with E-state index in [-0.39, 0.29) is 11.3 Å². The number of benzene rings is 2. The molecule has 0 unspecified atom stereocenters. The summed E-state index contributed by atoms with van der Waals surface area (Å²) in [6.07, 6.45) is 0. The molecular weight excluding hydrogens is 343 g/mol. The number of nitrogens with one attached hydrogen (secondary N) is 1. The number of carbonyl (C=O) groups excluding carboxylic acids is 1. The van der Waals surface area contributed by atoms with Gasteiger partial charge in [-0.1, -0.05) is 0 Å². The summed E-state index contributed by atoms with van der Waals surface area (Å²) in [5.74, 6) is -0.950. The highest BCUT2D eigenvalue weighted by Crippen LogP contribution is 2.24. The number of halogens is 2. The Hall–Kier alpha value is -2.28. The van der Waals surface area contributed by atoms with Gasteiger partial charge in [-0.3, -0.25) is 14.9 Å². The van der Waals surface area contributed by atoms with Gasteiger partial charge in [0.2, 0.25) is 0 Å². The second-order valence-corrected chi connectivity index (χ2v) is 5.19. The number of rotatable bonds is 3. The summed E-state index contributed by atoms with van der Waals surface area (Å²) in [6, 6.07) is 7.94. The third kappa shape index (κ3) is 3.43. The lowest BCUT2D eigenvalue weighted by Crippen LogP contribution is -2.13. The number of anilines is 1. The average molecular weight is 353 g/mol. The van der Waals surface area contributed by atoms with Crippen molar-refractivity contribution in [3.63, 3.8) is 0 Å². The highest BCUT2D eigenvalue weighted by atomic mass is 79.9. The maximum absolute atomic E-state index is 13.5. The van der Waals surface area contributed by atoms with Crippen molar-refractivity contribution in [1.82, 2.24) is 0 Å². The molecule has 0 aliphatic heterocycles. The highest BCUT2D eigenvalue weighted by molar-refractivity contribution is 9.10. The average Bonchev–Trinajstić information content (AvgIpc) is 2.44. The van der Waals surface area contributed by atoms with Crippen LogP contribution in [0, 0.1) is 22.9 Å². The molecule has 2 aromatic rings. The minimum Gasteiger partial charge on any atom is -0.322 e. The van der Waals surface area contributed by atoms with Gasteiger partial charge in [0.25, 0.3) is 11.6 Å². The molecule has 0 atom stereocenters. The van der Waals surface area contributed by atoms with Gasteiger partial charge in [-0.05, 0) is 52.7 Å². The summed E-state index contributed by atoms with van der Waals surface area (Å²) in [4.78, 5) is 22.0. The van der Waals surface area contributed by atoms with Crippen LogP contribution in [-0.4, -0.2) is 10.8 Å². The molecule has 0 saturated heterocycles. The Morgan fingerprint density at radius 1 is 1.29 bits per heavy atom. The van der Waals surface area contributed by atoms with Gasteiger partial charge in [0.15, 0.2) is 0 Å². The first-order chi connectivity index (χ1) is 9.88. The van der Waals surface area contributed by atoms with Crippen molar-refractivity contribution in [3.8, 4) is 0 Å². The van der Waals surface area contributed by atoms with Crippen molar-refractivity contribution in [1.29, 1.82) is 0 Å². The van der Waals surface area contributed by atoms with Crippen molar-refractivity contribution < 1.29 is 14.1 Å². The molecule has 7 heteroatoms. The third-order valence-electron chi connectivity index (χ3n) is 2.86. The van der Waals surface area contributed by atoms with Gasteiger partial charge in [-0.15, -0.1) is 0 Å². The van der Waals surface area contributed by atoms with Crippen LogP contribution in [0.3, 0.4) is 0 Å². The van der Waals surface area contributed by atoms with Crippen LogP contribution in [0.5, 0.6) is 0 Å². The Bertz CT molecular complexity index is 717. The van der Waals surface area contributed by atoms with E-state index in [9.17, 15) is 19.3 Å². The number of nitro benzene ring substituents is 1. The second kappa shape index (κ2) is 6.01. The molecule has 1 N–H and O–H groups in total. The smallest absolute Gasteiger partial charge is 0.269 e. The number of hydrogen-bond donors (Lipinski definition) is 1. The normalized spacial score (nSPS) is 10.2. The molecule has 0 spiro atoms. The molecule has 0 fully saturated rings. The third-order valence-corrected chi connectivity index (χ3v) is 3.46. The van der Waals surface area contributed by atoms with Gasteiger partial charge in [0.05, 0.1) is 9.40 Å². The van der Waals surface area contributed by atoms with Gasteiger partial charge < -0.3 is 5.32 Å². The van der Waals surface area contributed by atoms with E-state index in [0.29, 0.717) is 15.7 Å². The monoisotopic (exact) mass is 352 g/mol. The van der Waals surface area contributed by atoms with Crippen LogP contribution in [0.15, 0.2) is 40.9 Å². The minimum atomic E-state index is -0.546. The molecule has 0 aromatic heterocycles. The highest BCUT2D eigenvalue weighted by Gasteiger charge is 2.12. The lowest BCUT2D eigenvalue weighted by atomic mass is 10.1. The summed E-state index contributed by atoms with van der Waals surface area (Å²) in [7, 11) is 0. The summed E-state index contributed by atoms with van der Waals surface area (Å²) in [5, 5.41) is 13.1. The lowest BCUT2D eigenvalue weighted by molar-refractivity contribution is -0.384. The maximum Gasteiger partial charge on any atom is 0.269 e.